The van der Waals surface area contributed by atoms with Crippen molar-refractivity contribution in [3.63, 3.8) is 0 Å². The normalized spacial score (nSPS) is 7.80. The van der Waals surface area contributed by atoms with Crippen LogP contribution >= 0.6 is 66.5 Å². The highest BCUT2D eigenvalue weighted by Crippen LogP contribution is 1.97. The summed E-state index contributed by atoms with van der Waals surface area (Å²) in [6.45, 7) is 0.556. The minimum atomic E-state index is -1.72. The Kier molecular flexibility index (Phi) is 31.3. The number of halogens is 6. The summed E-state index contributed by atoms with van der Waals surface area (Å²) in [7, 11) is 0. The second-order valence-corrected chi connectivity index (χ2v) is 13.4. The quantitative estimate of drug-likeness (QED) is 0.471. The Morgan fingerprint density at radius 2 is 0.600 bits per heavy atom. The zero-order valence-electron chi connectivity index (χ0n) is 5.42. The summed E-state index contributed by atoms with van der Waals surface area (Å²) in [5.41, 5.74) is 0. The van der Waals surface area contributed by atoms with Gasteiger partial charge in [-0.3, -0.25) is 0 Å². The molecule has 0 aromatic carbocycles. The van der Waals surface area contributed by atoms with Crippen LogP contribution in [0, 0.1) is 0 Å². The fraction of sp³-hybridized carbons (Fsp3) is 1.00. The SMILES string of the molecule is CC.Cl[SiH](Cl)Cl.Cl[SiH](Cl)Cl. The van der Waals surface area contributed by atoms with Gasteiger partial charge >= 0.3 is 13.5 Å². The van der Waals surface area contributed by atoms with Crippen LogP contribution in [0.15, 0.2) is 0 Å². The number of rotatable bonds is 0. The molecule has 0 aromatic heterocycles. The number of hydrogen-bond donors (Lipinski definition) is 0. The second-order valence-electron chi connectivity index (χ2n) is 0.495. The molecule has 0 saturated heterocycles. The molecule has 0 nitrogen and oxygen atoms in total. The molecule has 0 radical (unpaired) electrons. The molecular weight excluding hydrogens is 293 g/mol. The van der Waals surface area contributed by atoms with Gasteiger partial charge in [0, 0.05) is 0 Å². The summed E-state index contributed by atoms with van der Waals surface area (Å²) in [6, 6.07) is 0. The largest absolute Gasteiger partial charge is 0.326 e. The monoisotopic (exact) mass is 298 g/mol. The molecule has 0 bridgehead atoms. The maximum atomic E-state index is 4.94. The van der Waals surface area contributed by atoms with E-state index in [0.717, 1.165) is 0 Å². The van der Waals surface area contributed by atoms with Crippen LogP contribution in [0.25, 0.3) is 0 Å². The molecule has 0 rings (SSSR count). The Bertz CT molecular complexity index is 29.2. The summed E-state index contributed by atoms with van der Waals surface area (Å²) in [5, 5.41) is 0. The first-order chi connectivity index (χ1) is 4.46. The van der Waals surface area contributed by atoms with E-state index in [4.69, 9.17) is 66.5 Å². The molecular formula is C2H8Cl6Si2. The van der Waals surface area contributed by atoms with Crippen molar-refractivity contribution in [2.75, 3.05) is 0 Å². The summed E-state index contributed by atoms with van der Waals surface area (Å²) in [6.07, 6.45) is 0. The number of hydrogen-bond acceptors (Lipinski definition) is 0. The Morgan fingerprint density at radius 3 is 0.600 bits per heavy atom. The van der Waals surface area contributed by atoms with E-state index < -0.39 is 13.5 Å². The zero-order valence-corrected chi connectivity index (χ0v) is 12.3. The summed E-state index contributed by atoms with van der Waals surface area (Å²) < 4.78 is 0. The first kappa shape index (κ1) is 18.1. The molecule has 0 saturated carbocycles. The lowest BCUT2D eigenvalue weighted by atomic mass is 11.0. The Hall–Kier alpha value is 2.17. The van der Waals surface area contributed by atoms with Gasteiger partial charge in [0.15, 0.2) is 0 Å². The van der Waals surface area contributed by atoms with Gasteiger partial charge in [0.25, 0.3) is 0 Å². The summed E-state index contributed by atoms with van der Waals surface area (Å²) in [5.74, 6) is 0. The molecule has 0 amide bonds. The predicted octanol–water partition coefficient (Wildman–Crippen LogP) is 3.87. The van der Waals surface area contributed by atoms with Crippen LogP contribution in [-0.4, -0.2) is 13.5 Å². The Balaban J connectivity index is -0.0000000787. The third-order valence-electron chi connectivity index (χ3n) is 0. The van der Waals surface area contributed by atoms with Gasteiger partial charge in [0.1, 0.15) is 0 Å². The fourth-order valence-electron chi connectivity index (χ4n) is 0. The average Bonchev–Trinajstić information content (AvgIpc) is 1.66. The van der Waals surface area contributed by atoms with Gasteiger partial charge in [-0.2, -0.15) is 0 Å². The van der Waals surface area contributed by atoms with Gasteiger partial charge in [0.05, 0.1) is 0 Å². The van der Waals surface area contributed by atoms with E-state index in [1.54, 1.807) is 0 Å². The minimum Gasteiger partial charge on any atom is -0.130 e. The van der Waals surface area contributed by atoms with Gasteiger partial charge < -0.3 is 0 Å². The van der Waals surface area contributed by atoms with Crippen molar-refractivity contribution in [1.82, 2.24) is 0 Å². The van der Waals surface area contributed by atoms with Crippen molar-refractivity contribution in [3.8, 4) is 0 Å². The molecule has 0 spiro atoms. The van der Waals surface area contributed by atoms with Crippen molar-refractivity contribution in [2.24, 2.45) is 0 Å². The molecule has 8 heteroatoms. The van der Waals surface area contributed by atoms with Gasteiger partial charge in [-0.05, 0) is 0 Å². The lowest BCUT2D eigenvalue weighted by Crippen LogP contribution is -1.66. The topological polar surface area (TPSA) is 0 Å². The van der Waals surface area contributed by atoms with E-state index in [2.05, 4.69) is 0 Å². The predicted molar refractivity (Wildman–Crippen MR) is 60.8 cm³/mol. The first-order valence-electron chi connectivity index (χ1n) is 2.31. The molecule has 0 atom stereocenters. The van der Waals surface area contributed by atoms with Crippen LogP contribution in [0.1, 0.15) is 13.8 Å². The lowest BCUT2D eigenvalue weighted by Gasteiger charge is -1.65. The van der Waals surface area contributed by atoms with E-state index in [-0.39, 0.29) is 0 Å². The lowest BCUT2D eigenvalue weighted by molar-refractivity contribution is 1.50. The Labute approximate surface area is 93.1 Å². The molecule has 0 aliphatic carbocycles. The highest BCUT2D eigenvalue weighted by Gasteiger charge is 1.85. The minimum absolute atomic E-state index is 1.72. The maximum Gasteiger partial charge on any atom is 0.326 e. The average molecular weight is 301 g/mol. The first-order valence-corrected chi connectivity index (χ1v) is 12.8. The molecule has 0 heterocycles. The smallest absolute Gasteiger partial charge is 0.130 e. The molecule has 66 valence electrons. The maximum absolute atomic E-state index is 4.94. The van der Waals surface area contributed by atoms with Gasteiger partial charge in [-0.15, -0.1) is 66.5 Å². The third-order valence-corrected chi connectivity index (χ3v) is 0. The summed E-state index contributed by atoms with van der Waals surface area (Å²) in [4.78, 5) is 0. The zero-order chi connectivity index (χ0) is 9.15. The van der Waals surface area contributed by atoms with Gasteiger partial charge in [-0.1, -0.05) is 13.8 Å². The van der Waals surface area contributed by atoms with E-state index >= 15 is 0 Å². The highest BCUT2D eigenvalue weighted by atomic mass is 35.8. The third kappa shape index (κ3) is 181. The van der Waals surface area contributed by atoms with Crippen molar-refractivity contribution in [1.29, 1.82) is 0 Å². The van der Waals surface area contributed by atoms with Crippen LogP contribution in [0.2, 0.25) is 0 Å². The van der Waals surface area contributed by atoms with Crippen LogP contribution in [0.3, 0.4) is 0 Å². The van der Waals surface area contributed by atoms with Gasteiger partial charge in [0.2, 0.25) is 0 Å². The van der Waals surface area contributed by atoms with Crippen molar-refractivity contribution in [2.45, 2.75) is 13.8 Å². The molecule has 0 aliphatic heterocycles. The van der Waals surface area contributed by atoms with Crippen molar-refractivity contribution in [3.05, 3.63) is 0 Å². The molecule has 0 aliphatic rings. The van der Waals surface area contributed by atoms with E-state index in [0.29, 0.717) is 0 Å². The van der Waals surface area contributed by atoms with Crippen molar-refractivity contribution >= 4 is 79.9 Å². The van der Waals surface area contributed by atoms with E-state index in [1.807, 2.05) is 13.8 Å². The molecule has 0 aromatic rings. The Morgan fingerprint density at radius 1 is 0.600 bits per heavy atom. The van der Waals surface area contributed by atoms with E-state index in [9.17, 15) is 0 Å². The van der Waals surface area contributed by atoms with Crippen molar-refractivity contribution < 1.29 is 0 Å². The second kappa shape index (κ2) is 17.3. The van der Waals surface area contributed by atoms with Crippen LogP contribution in [-0.2, 0) is 0 Å². The summed E-state index contributed by atoms with van der Waals surface area (Å²) >= 11 is 29.7. The van der Waals surface area contributed by atoms with E-state index in [1.165, 1.54) is 0 Å². The van der Waals surface area contributed by atoms with Crippen LogP contribution < -0.4 is 0 Å². The van der Waals surface area contributed by atoms with Gasteiger partial charge in [-0.25, -0.2) is 0 Å². The highest BCUT2D eigenvalue weighted by molar-refractivity contribution is 7.54. The van der Waals surface area contributed by atoms with Crippen LogP contribution in [0.5, 0.6) is 0 Å². The standard InChI is InChI=1S/C2H6.2Cl3HSi/c1-2;2*1-4(2)3/h1-2H3;2*4H. The molecule has 0 fully saturated rings. The van der Waals surface area contributed by atoms with Crippen LogP contribution in [0.4, 0.5) is 0 Å². The molecule has 10 heavy (non-hydrogen) atoms. The molecule has 0 unspecified atom stereocenters. The molecule has 0 N–H and O–H groups in total. The fourth-order valence-corrected chi connectivity index (χ4v) is 0.